The van der Waals surface area contributed by atoms with Crippen molar-refractivity contribution in [2.45, 2.75) is 29.1 Å². The van der Waals surface area contributed by atoms with Crippen LogP contribution in [0.25, 0.3) is 0 Å². The lowest BCUT2D eigenvalue weighted by molar-refractivity contribution is 0.0977. The summed E-state index contributed by atoms with van der Waals surface area (Å²) in [6.45, 7) is 5.10. The summed E-state index contributed by atoms with van der Waals surface area (Å²) in [5.74, 6) is 0.00163. The zero-order valence-corrected chi connectivity index (χ0v) is 20.8. The number of thioether (sulfide) groups is 1. The minimum atomic E-state index is -3.59. The molecule has 0 radical (unpaired) electrons. The van der Waals surface area contributed by atoms with E-state index in [1.807, 2.05) is 12.3 Å². The molecule has 3 rings (SSSR count). The van der Waals surface area contributed by atoms with Crippen LogP contribution < -0.4 is 4.90 Å². The lowest BCUT2D eigenvalue weighted by atomic mass is 10.1. The van der Waals surface area contributed by atoms with E-state index in [0.717, 1.165) is 45.6 Å². The first kappa shape index (κ1) is 24.8. The van der Waals surface area contributed by atoms with Gasteiger partial charge >= 0.3 is 0 Å². The average Bonchev–Trinajstić information content (AvgIpc) is 2.82. The van der Waals surface area contributed by atoms with Crippen LogP contribution in [0, 0.1) is 0 Å². The van der Waals surface area contributed by atoms with E-state index in [-0.39, 0.29) is 10.7 Å². The Morgan fingerprint density at radius 2 is 1.69 bits per heavy atom. The van der Waals surface area contributed by atoms with Gasteiger partial charge in [0.15, 0.2) is 5.78 Å². The van der Waals surface area contributed by atoms with Gasteiger partial charge in [-0.3, -0.25) is 9.69 Å². The maximum Gasteiger partial charge on any atom is 0.243 e. The topological polar surface area (TPSA) is 60.9 Å². The van der Waals surface area contributed by atoms with Gasteiger partial charge in [-0.25, -0.2) is 12.7 Å². The van der Waals surface area contributed by atoms with Crippen LogP contribution in [0.5, 0.6) is 0 Å². The van der Waals surface area contributed by atoms with Gasteiger partial charge in [0.25, 0.3) is 0 Å². The van der Waals surface area contributed by atoms with Crippen molar-refractivity contribution in [2.24, 2.45) is 0 Å². The third kappa shape index (κ3) is 6.13. The molecule has 174 valence electrons. The average molecular weight is 476 g/mol. The first-order valence-corrected chi connectivity index (χ1v) is 13.7. The van der Waals surface area contributed by atoms with Gasteiger partial charge in [0.1, 0.15) is 0 Å². The van der Waals surface area contributed by atoms with Crippen LogP contribution in [0.3, 0.4) is 0 Å². The molecule has 0 atom stereocenters. The number of unbranched alkanes of at least 4 members (excludes halogenated alkanes) is 1. The molecule has 0 N–H and O–H groups in total. The van der Waals surface area contributed by atoms with Gasteiger partial charge in [0.05, 0.1) is 4.90 Å². The second kappa shape index (κ2) is 11.3. The third-order valence-corrected chi connectivity index (χ3v) is 8.65. The Morgan fingerprint density at radius 3 is 2.31 bits per heavy atom. The minimum Gasteiger partial charge on any atom is -0.369 e. The lowest BCUT2D eigenvalue weighted by Crippen LogP contribution is -2.46. The van der Waals surface area contributed by atoms with E-state index in [1.54, 1.807) is 12.1 Å². The molecule has 0 aromatic heterocycles. The van der Waals surface area contributed by atoms with Crippen LogP contribution >= 0.6 is 11.8 Å². The largest absolute Gasteiger partial charge is 0.369 e. The van der Waals surface area contributed by atoms with Crippen molar-refractivity contribution in [2.75, 3.05) is 58.0 Å². The van der Waals surface area contributed by atoms with Crippen molar-refractivity contribution in [3.05, 3.63) is 54.1 Å². The first-order chi connectivity index (χ1) is 15.3. The maximum atomic E-state index is 12.7. The summed E-state index contributed by atoms with van der Waals surface area (Å²) in [6.07, 6.45) is 4.04. The molecule has 2 aromatic rings. The van der Waals surface area contributed by atoms with Crippen LogP contribution in [0.4, 0.5) is 5.69 Å². The van der Waals surface area contributed by atoms with E-state index < -0.39 is 10.0 Å². The number of piperazine rings is 1. The molecular weight excluding hydrogens is 442 g/mol. The summed E-state index contributed by atoms with van der Waals surface area (Å²) in [7, 11) is -0.575. The third-order valence-electron chi connectivity index (χ3n) is 5.87. The second-order valence-electron chi connectivity index (χ2n) is 8.20. The Hall–Kier alpha value is -1.87. The quantitative estimate of drug-likeness (QED) is 0.296. The van der Waals surface area contributed by atoms with Crippen LogP contribution in [0.15, 0.2) is 58.3 Å². The monoisotopic (exact) mass is 475 g/mol. The van der Waals surface area contributed by atoms with Crippen molar-refractivity contribution in [1.82, 2.24) is 9.21 Å². The van der Waals surface area contributed by atoms with Gasteiger partial charge < -0.3 is 4.90 Å². The Morgan fingerprint density at radius 1 is 1.00 bits per heavy atom. The summed E-state index contributed by atoms with van der Waals surface area (Å²) in [5, 5.41) is 0. The lowest BCUT2D eigenvalue weighted by Gasteiger charge is -2.36. The van der Waals surface area contributed by atoms with Gasteiger partial charge in [-0.2, -0.15) is 0 Å². The van der Waals surface area contributed by atoms with E-state index in [4.69, 9.17) is 0 Å². The van der Waals surface area contributed by atoms with E-state index in [1.165, 1.54) is 41.9 Å². The van der Waals surface area contributed by atoms with E-state index in [0.29, 0.717) is 16.9 Å². The molecule has 0 aliphatic carbocycles. The number of rotatable bonds is 10. The van der Waals surface area contributed by atoms with Gasteiger partial charge in [0, 0.05) is 62.8 Å². The molecular formula is C24H33N3O3S2. The van der Waals surface area contributed by atoms with Gasteiger partial charge in [-0.05, 0) is 49.9 Å². The number of Topliss-reactive ketones (excluding diaryl/α,β-unsaturated/α-hetero) is 1. The van der Waals surface area contributed by atoms with E-state index in [2.05, 4.69) is 34.1 Å². The molecule has 32 heavy (non-hydrogen) atoms. The predicted octanol–water partition coefficient (Wildman–Crippen LogP) is 3.83. The van der Waals surface area contributed by atoms with Crippen molar-refractivity contribution < 1.29 is 13.2 Å². The Kier molecular flexibility index (Phi) is 8.76. The van der Waals surface area contributed by atoms with Crippen LogP contribution in [-0.4, -0.2) is 76.5 Å². The van der Waals surface area contributed by atoms with Gasteiger partial charge in [-0.1, -0.05) is 24.3 Å². The molecule has 1 fully saturated rings. The standard InChI is InChI=1S/C24H33N3O3S2/c1-25(2)32(29,30)24-19-20(12-13-23(24)31-3)22(28)11-7-8-14-26-15-17-27(18-16-26)21-9-5-4-6-10-21/h4-6,9-10,12-13,19H,7-8,11,14-18H2,1-3H3. The molecule has 0 amide bonds. The molecule has 0 bridgehead atoms. The van der Waals surface area contributed by atoms with E-state index in [9.17, 15) is 13.2 Å². The molecule has 1 aliphatic rings. The summed E-state index contributed by atoms with van der Waals surface area (Å²) in [5.41, 5.74) is 1.75. The number of carbonyl (C=O) groups excluding carboxylic acids is 1. The number of nitrogens with zero attached hydrogens (tertiary/aromatic N) is 3. The predicted molar refractivity (Wildman–Crippen MR) is 132 cm³/mol. The molecule has 0 unspecified atom stereocenters. The summed E-state index contributed by atoms with van der Waals surface area (Å²) >= 11 is 1.37. The molecule has 8 heteroatoms. The highest BCUT2D eigenvalue weighted by Gasteiger charge is 2.23. The number of carbonyl (C=O) groups is 1. The van der Waals surface area contributed by atoms with Gasteiger partial charge in [-0.15, -0.1) is 11.8 Å². The smallest absolute Gasteiger partial charge is 0.243 e. The molecule has 2 aromatic carbocycles. The summed E-state index contributed by atoms with van der Waals surface area (Å²) in [6, 6.07) is 15.5. The highest BCUT2D eigenvalue weighted by molar-refractivity contribution is 7.99. The fraction of sp³-hybridized carbons (Fsp3) is 0.458. The number of anilines is 1. The van der Waals surface area contributed by atoms with Crippen molar-refractivity contribution in [3.8, 4) is 0 Å². The van der Waals surface area contributed by atoms with Crippen LogP contribution in [0.2, 0.25) is 0 Å². The Bertz CT molecular complexity index is 1000. The van der Waals surface area contributed by atoms with Crippen LogP contribution in [-0.2, 0) is 10.0 Å². The number of hydrogen-bond donors (Lipinski definition) is 0. The highest BCUT2D eigenvalue weighted by Crippen LogP contribution is 2.28. The number of benzene rings is 2. The maximum absolute atomic E-state index is 12.7. The normalized spacial score (nSPS) is 15.3. The fourth-order valence-electron chi connectivity index (χ4n) is 3.88. The molecule has 1 saturated heterocycles. The highest BCUT2D eigenvalue weighted by atomic mass is 32.2. The number of ketones is 1. The number of para-hydroxylation sites is 1. The van der Waals surface area contributed by atoms with Crippen molar-refractivity contribution in [3.63, 3.8) is 0 Å². The number of sulfonamides is 1. The van der Waals surface area contributed by atoms with Gasteiger partial charge in [0.2, 0.25) is 10.0 Å². The first-order valence-electron chi connectivity index (χ1n) is 11.0. The Balaban J connectivity index is 1.47. The summed E-state index contributed by atoms with van der Waals surface area (Å²) in [4.78, 5) is 18.4. The van der Waals surface area contributed by atoms with Crippen molar-refractivity contribution >= 4 is 33.3 Å². The molecule has 0 spiro atoms. The Labute approximate surface area is 196 Å². The van der Waals surface area contributed by atoms with Crippen LogP contribution in [0.1, 0.15) is 29.6 Å². The number of hydrogen-bond acceptors (Lipinski definition) is 6. The second-order valence-corrected chi connectivity index (χ2v) is 11.2. The van der Waals surface area contributed by atoms with E-state index >= 15 is 0 Å². The SMILES string of the molecule is CSc1ccc(C(=O)CCCCN2CCN(c3ccccc3)CC2)cc1S(=O)(=O)N(C)C. The van der Waals surface area contributed by atoms with Crippen molar-refractivity contribution in [1.29, 1.82) is 0 Å². The molecule has 1 heterocycles. The fourth-order valence-corrected chi connectivity index (χ4v) is 5.90. The minimum absolute atomic E-state index is 0.00163. The summed E-state index contributed by atoms with van der Waals surface area (Å²) < 4.78 is 26.4. The molecule has 1 aliphatic heterocycles. The zero-order chi connectivity index (χ0) is 23.1. The zero-order valence-electron chi connectivity index (χ0n) is 19.2. The molecule has 6 nitrogen and oxygen atoms in total. The molecule has 0 saturated carbocycles.